The number of amides is 3. The molecule has 0 spiro atoms. The van der Waals surface area contributed by atoms with Crippen molar-refractivity contribution in [3.8, 4) is 0 Å². The molecule has 2 aromatic carbocycles. The summed E-state index contributed by atoms with van der Waals surface area (Å²) in [6.45, 7) is 5.00. The molecule has 1 saturated heterocycles. The lowest BCUT2D eigenvalue weighted by Crippen LogP contribution is -2.62. The lowest BCUT2D eigenvalue weighted by atomic mass is 10.1. The van der Waals surface area contributed by atoms with Gasteiger partial charge in [0.05, 0.1) is 0 Å². The maximum Gasteiger partial charge on any atom is 0.417 e. The first-order chi connectivity index (χ1) is 15.7. The van der Waals surface area contributed by atoms with Crippen molar-refractivity contribution in [2.75, 3.05) is 20.6 Å². The number of nitrogens with zero attached hydrogens (tertiary/aromatic N) is 6. The number of carbonyl (C=O) groups is 2. The largest absolute Gasteiger partial charge is 0.417 e. The smallest absolute Gasteiger partial charge is 0.270 e. The Morgan fingerprint density at radius 3 is 2.52 bits per heavy atom. The van der Waals surface area contributed by atoms with Crippen molar-refractivity contribution in [1.82, 2.24) is 14.8 Å². The van der Waals surface area contributed by atoms with Crippen LogP contribution >= 0.6 is 11.6 Å². The van der Waals surface area contributed by atoms with Crippen molar-refractivity contribution in [3.05, 3.63) is 69.7 Å². The van der Waals surface area contributed by atoms with Gasteiger partial charge in [-0.1, -0.05) is 52.5 Å². The third-order valence-corrected chi connectivity index (χ3v) is 6.56. The standard InChI is InChI=1S/C24H24ClN6O2/c1-14-5-6-15(2)17(11-14)12-31-23-26-21-20(22(32)29(4)24(33)28(21)3)30(23)13-19(27-31)16-7-9-18(25)10-8-16/h5-11,20H,12-13H2,1-4H3/q+1. The number of hydrogen-bond donors (Lipinski definition) is 0. The maximum atomic E-state index is 13.1. The molecule has 3 aliphatic rings. The van der Waals surface area contributed by atoms with Crippen LogP contribution in [0.25, 0.3) is 0 Å². The zero-order valence-corrected chi connectivity index (χ0v) is 19.7. The lowest BCUT2D eigenvalue weighted by Gasteiger charge is -2.32. The van der Waals surface area contributed by atoms with Gasteiger partial charge >= 0.3 is 12.0 Å². The van der Waals surface area contributed by atoms with E-state index in [0.717, 1.165) is 32.9 Å². The zero-order valence-electron chi connectivity index (χ0n) is 18.9. The first kappa shape index (κ1) is 21.3. The van der Waals surface area contributed by atoms with Crippen molar-refractivity contribution >= 4 is 41.0 Å². The Hall–Kier alpha value is -3.52. The van der Waals surface area contributed by atoms with E-state index in [2.05, 4.69) is 32.0 Å². The normalized spacial score (nSPS) is 20.2. The average Bonchev–Trinajstić information content (AvgIpc) is 3.19. The molecule has 3 heterocycles. The summed E-state index contributed by atoms with van der Waals surface area (Å²) < 4.78 is 1.93. The highest BCUT2D eigenvalue weighted by Crippen LogP contribution is 2.25. The molecule has 0 radical (unpaired) electrons. The van der Waals surface area contributed by atoms with E-state index in [1.54, 1.807) is 7.05 Å². The van der Waals surface area contributed by atoms with Gasteiger partial charge in [0.25, 0.3) is 5.91 Å². The molecular weight excluding hydrogens is 440 g/mol. The van der Waals surface area contributed by atoms with E-state index in [0.29, 0.717) is 29.9 Å². The second kappa shape index (κ2) is 7.81. The average molecular weight is 464 g/mol. The predicted octanol–water partition coefficient (Wildman–Crippen LogP) is 2.85. The molecule has 8 nitrogen and oxygen atoms in total. The van der Waals surface area contributed by atoms with E-state index in [9.17, 15) is 9.59 Å². The fourth-order valence-corrected chi connectivity index (χ4v) is 4.49. The summed E-state index contributed by atoms with van der Waals surface area (Å²) in [5.41, 5.74) is 5.13. The topological polar surface area (TPSA) is 71.6 Å². The number of urea groups is 1. The van der Waals surface area contributed by atoms with Crippen LogP contribution in [0, 0.1) is 13.8 Å². The quantitative estimate of drug-likeness (QED) is 0.657. The Morgan fingerprint density at radius 2 is 1.79 bits per heavy atom. The summed E-state index contributed by atoms with van der Waals surface area (Å²) >= 11 is 6.09. The summed E-state index contributed by atoms with van der Waals surface area (Å²) in [6.07, 6.45) is 0. The molecule has 1 unspecified atom stereocenters. The highest BCUT2D eigenvalue weighted by atomic mass is 35.5. The molecule has 3 amide bonds. The van der Waals surface area contributed by atoms with Gasteiger partial charge < -0.3 is 0 Å². The lowest BCUT2D eigenvalue weighted by molar-refractivity contribution is -0.527. The van der Waals surface area contributed by atoms with Crippen molar-refractivity contribution in [2.24, 2.45) is 10.1 Å². The van der Waals surface area contributed by atoms with Gasteiger partial charge in [-0.3, -0.25) is 14.6 Å². The number of guanidine groups is 1. The second-order valence-corrected chi connectivity index (χ2v) is 9.02. The minimum Gasteiger partial charge on any atom is -0.270 e. The van der Waals surface area contributed by atoms with E-state index in [1.807, 2.05) is 33.8 Å². The first-order valence-electron chi connectivity index (χ1n) is 10.7. The number of rotatable bonds is 3. The number of benzene rings is 2. The van der Waals surface area contributed by atoms with E-state index < -0.39 is 12.1 Å². The molecule has 1 atom stereocenters. The van der Waals surface area contributed by atoms with Gasteiger partial charge in [0, 0.05) is 24.7 Å². The van der Waals surface area contributed by atoms with Crippen LogP contribution in [-0.4, -0.2) is 75.5 Å². The highest BCUT2D eigenvalue weighted by molar-refractivity contribution is 6.30. The predicted molar refractivity (Wildman–Crippen MR) is 127 cm³/mol. The molecule has 1 fully saturated rings. The van der Waals surface area contributed by atoms with Crippen LogP contribution in [-0.2, 0) is 11.3 Å². The van der Waals surface area contributed by atoms with Crippen LogP contribution in [0.1, 0.15) is 22.3 Å². The number of carbonyl (C=O) groups excluding carboxylic acids is 2. The number of amidine groups is 1. The Kier molecular flexibility index (Phi) is 5.05. The number of halogens is 1. The number of hydrazone groups is 1. The summed E-state index contributed by atoms with van der Waals surface area (Å²) in [6, 6.07) is 12.7. The maximum absolute atomic E-state index is 13.1. The SMILES string of the molecule is Cc1ccc(C)c(CN2N=C(c3ccc(Cl)cc3)C[N+]3=C2N=C2C3C(=O)N(C)C(=O)N2C)c1. The molecule has 0 N–H and O–H groups in total. The monoisotopic (exact) mass is 463 g/mol. The Balaban J connectivity index is 1.61. The summed E-state index contributed by atoms with van der Waals surface area (Å²) in [4.78, 5) is 33.0. The van der Waals surface area contributed by atoms with E-state index in [1.165, 1.54) is 11.9 Å². The third-order valence-electron chi connectivity index (χ3n) is 6.30. The molecule has 9 heteroatoms. The van der Waals surface area contributed by atoms with Gasteiger partial charge in [-0.25, -0.2) is 9.37 Å². The highest BCUT2D eigenvalue weighted by Gasteiger charge is 2.54. The van der Waals surface area contributed by atoms with Crippen LogP contribution in [0.5, 0.6) is 0 Å². The van der Waals surface area contributed by atoms with E-state index in [-0.39, 0.29) is 5.91 Å². The number of fused-ring (bicyclic) bond motifs is 2. The fourth-order valence-electron chi connectivity index (χ4n) is 4.37. The minimum atomic E-state index is -0.674. The molecule has 0 aliphatic carbocycles. The fraction of sp³-hybridized carbons (Fsp3) is 0.292. The van der Waals surface area contributed by atoms with Crippen LogP contribution in [0.15, 0.2) is 52.6 Å². The second-order valence-electron chi connectivity index (χ2n) is 8.58. The van der Waals surface area contributed by atoms with Crippen molar-refractivity contribution in [3.63, 3.8) is 0 Å². The van der Waals surface area contributed by atoms with Crippen molar-refractivity contribution < 1.29 is 14.2 Å². The number of hydrogen-bond acceptors (Lipinski definition) is 5. The summed E-state index contributed by atoms with van der Waals surface area (Å²) in [5.74, 6) is 0.699. The molecule has 0 saturated carbocycles. The third kappa shape index (κ3) is 3.51. The van der Waals surface area contributed by atoms with Crippen molar-refractivity contribution in [2.45, 2.75) is 26.4 Å². The molecular formula is C24H24ClN6O2+. The van der Waals surface area contributed by atoms with Crippen LogP contribution in [0.2, 0.25) is 5.02 Å². The molecule has 2 aromatic rings. The van der Waals surface area contributed by atoms with Gasteiger partial charge in [0.2, 0.25) is 11.9 Å². The van der Waals surface area contributed by atoms with Gasteiger partial charge in [-0.2, -0.15) is 0 Å². The Labute approximate surface area is 197 Å². The molecule has 33 heavy (non-hydrogen) atoms. The minimum absolute atomic E-state index is 0.295. The van der Waals surface area contributed by atoms with Gasteiger partial charge in [-0.05, 0) is 37.1 Å². The number of aliphatic imine (C=N–C) groups is 1. The Morgan fingerprint density at radius 1 is 1.06 bits per heavy atom. The molecule has 0 aromatic heterocycles. The molecule has 0 bridgehead atoms. The van der Waals surface area contributed by atoms with Crippen molar-refractivity contribution in [1.29, 1.82) is 0 Å². The van der Waals surface area contributed by atoms with Gasteiger partial charge in [0.15, 0.2) is 0 Å². The van der Waals surface area contributed by atoms with Crippen LogP contribution < -0.4 is 0 Å². The zero-order chi connectivity index (χ0) is 23.4. The van der Waals surface area contributed by atoms with Crippen LogP contribution in [0.4, 0.5) is 4.79 Å². The summed E-state index contributed by atoms with van der Waals surface area (Å²) in [7, 11) is 3.15. The number of aryl methyl sites for hydroxylation is 2. The van der Waals surface area contributed by atoms with Crippen LogP contribution in [0.3, 0.4) is 0 Å². The van der Waals surface area contributed by atoms with E-state index in [4.69, 9.17) is 21.7 Å². The van der Waals surface area contributed by atoms with Gasteiger partial charge in [-0.15, -0.1) is 10.1 Å². The van der Waals surface area contributed by atoms with E-state index >= 15 is 0 Å². The Bertz CT molecular complexity index is 1280. The van der Waals surface area contributed by atoms with Gasteiger partial charge in [0.1, 0.15) is 18.8 Å². The number of imide groups is 1. The number of likely N-dealkylation sites (N-methyl/N-ethyl adjacent to an activating group) is 2. The molecule has 168 valence electrons. The first-order valence-corrected chi connectivity index (χ1v) is 11.1. The molecule has 3 aliphatic heterocycles. The molecule has 5 rings (SSSR count). The summed E-state index contributed by atoms with van der Waals surface area (Å²) in [5, 5.41) is 7.40.